The Balaban J connectivity index is 1.82. The number of methoxy groups -OCH3 is 6. The highest BCUT2D eigenvalue weighted by Crippen LogP contribution is 2.42. The molecule has 10 nitrogen and oxygen atoms in total. The molecule has 0 aliphatic carbocycles. The second-order valence-electron chi connectivity index (χ2n) is 6.24. The van der Waals surface area contributed by atoms with E-state index >= 15 is 0 Å². The van der Waals surface area contributed by atoms with Gasteiger partial charge < -0.3 is 39.1 Å². The minimum Gasteiger partial charge on any atom is -0.493 e. The lowest BCUT2D eigenvalue weighted by atomic mass is 10.2. The molecule has 31 heavy (non-hydrogen) atoms. The molecule has 0 saturated carbocycles. The van der Waals surface area contributed by atoms with E-state index in [0.29, 0.717) is 46.1 Å². The molecular weight excluding hydrogens is 404 g/mol. The number of nitrogens with zero attached hydrogens (tertiary/aromatic N) is 1. The van der Waals surface area contributed by atoms with Crippen LogP contribution in [-0.2, 0) is 0 Å². The van der Waals surface area contributed by atoms with Gasteiger partial charge in [-0.25, -0.2) is 0 Å². The SMILES string of the molecule is COc1cc(Nc2cc(Nc3cc(OC)c(OC)c(OC)c3)[nH]n2)cc(OC)c1OC. The van der Waals surface area contributed by atoms with Crippen LogP contribution in [0.2, 0.25) is 0 Å². The summed E-state index contributed by atoms with van der Waals surface area (Å²) in [5, 5.41) is 13.7. The normalized spacial score (nSPS) is 10.3. The van der Waals surface area contributed by atoms with Gasteiger partial charge in [0.15, 0.2) is 28.8 Å². The molecule has 0 fully saturated rings. The first kappa shape index (κ1) is 21.8. The van der Waals surface area contributed by atoms with E-state index in [2.05, 4.69) is 20.8 Å². The predicted octanol–water partition coefficient (Wildman–Crippen LogP) is 3.95. The minimum absolute atomic E-state index is 0.516. The summed E-state index contributed by atoms with van der Waals surface area (Å²) >= 11 is 0. The highest BCUT2D eigenvalue weighted by atomic mass is 16.5. The Morgan fingerprint density at radius 3 is 1.39 bits per heavy atom. The van der Waals surface area contributed by atoms with Crippen LogP contribution in [0.15, 0.2) is 30.3 Å². The molecule has 0 bridgehead atoms. The summed E-state index contributed by atoms with van der Waals surface area (Å²) in [5.74, 6) is 4.44. The molecule has 10 heteroatoms. The minimum atomic E-state index is 0.516. The number of H-pyrrole nitrogens is 1. The van der Waals surface area contributed by atoms with Crippen LogP contribution in [0.1, 0.15) is 0 Å². The van der Waals surface area contributed by atoms with Crippen LogP contribution in [0, 0.1) is 0 Å². The van der Waals surface area contributed by atoms with Gasteiger partial charge in [0, 0.05) is 41.7 Å². The number of hydrogen-bond acceptors (Lipinski definition) is 9. The fourth-order valence-corrected chi connectivity index (χ4v) is 3.06. The van der Waals surface area contributed by atoms with Crippen molar-refractivity contribution in [2.75, 3.05) is 53.3 Å². The predicted molar refractivity (Wildman–Crippen MR) is 117 cm³/mol. The van der Waals surface area contributed by atoms with Crippen molar-refractivity contribution in [1.29, 1.82) is 0 Å². The van der Waals surface area contributed by atoms with Crippen molar-refractivity contribution in [2.24, 2.45) is 0 Å². The summed E-state index contributed by atoms with van der Waals surface area (Å²) in [4.78, 5) is 0. The van der Waals surface area contributed by atoms with Gasteiger partial charge in [0.1, 0.15) is 5.82 Å². The number of benzene rings is 2. The summed E-state index contributed by atoms with van der Waals surface area (Å²) in [7, 11) is 9.38. The van der Waals surface area contributed by atoms with E-state index in [9.17, 15) is 0 Å². The van der Waals surface area contributed by atoms with E-state index in [-0.39, 0.29) is 0 Å². The molecule has 1 heterocycles. The van der Waals surface area contributed by atoms with E-state index in [4.69, 9.17) is 28.4 Å². The maximum atomic E-state index is 5.39. The molecule has 3 N–H and O–H groups in total. The van der Waals surface area contributed by atoms with Crippen molar-refractivity contribution < 1.29 is 28.4 Å². The Bertz CT molecular complexity index is 906. The molecule has 0 atom stereocenters. The first-order chi connectivity index (χ1) is 15.1. The first-order valence-electron chi connectivity index (χ1n) is 9.26. The zero-order valence-electron chi connectivity index (χ0n) is 18.3. The van der Waals surface area contributed by atoms with Crippen molar-refractivity contribution in [1.82, 2.24) is 10.2 Å². The fraction of sp³-hybridized carbons (Fsp3) is 0.286. The molecule has 0 aliphatic rings. The second kappa shape index (κ2) is 9.70. The highest BCUT2D eigenvalue weighted by Gasteiger charge is 2.15. The quantitative estimate of drug-likeness (QED) is 0.440. The van der Waals surface area contributed by atoms with Gasteiger partial charge in [-0.1, -0.05) is 0 Å². The van der Waals surface area contributed by atoms with Gasteiger partial charge in [-0.15, -0.1) is 0 Å². The van der Waals surface area contributed by atoms with Crippen molar-refractivity contribution >= 4 is 23.0 Å². The Labute approximate surface area is 180 Å². The summed E-state index contributed by atoms with van der Waals surface area (Å²) in [5.41, 5.74) is 1.46. The van der Waals surface area contributed by atoms with Crippen molar-refractivity contribution in [3.05, 3.63) is 30.3 Å². The van der Waals surface area contributed by atoms with Gasteiger partial charge >= 0.3 is 0 Å². The summed E-state index contributed by atoms with van der Waals surface area (Å²) < 4.78 is 32.2. The molecular formula is C21H26N4O6. The van der Waals surface area contributed by atoms with Crippen LogP contribution in [0.5, 0.6) is 34.5 Å². The molecule has 3 rings (SSSR count). The molecule has 0 saturated heterocycles. The van der Waals surface area contributed by atoms with Gasteiger partial charge in [0.2, 0.25) is 11.5 Å². The summed E-state index contributed by atoms with van der Waals surface area (Å²) in [6, 6.07) is 9.00. The fourth-order valence-electron chi connectivity index (χ4n) is 3.06. The topological polar surface area (TPSA) is 108 Å². The number of hydrogen-bond donors (Lipinski definition) is 3. The molecule has 2 aromatic carbocycles. The number of rotatable bonds is 10. The number of nitrogens with one attached hydrogen (secondary N) is 3. The summed E-state index contributed by atoms with van der Waals surface area (Å²) in [6.07, 6.45) is 0. The summed E-state index contributed by atoms with van der Waals surface area (Å²) in [6.45, 7) is 0. The molecule has 0 unspecified atom stereocenters. The zero-order chi connectivity index (χ0) is 22.4. The Morgan fingerprint density at radius 1 is 0.581 bits per heavy atom. The van der Waals surface area contributed by atoms with Crippen molar-refractivity contribution in [2.45, 2.75) is 0 Å². The standard InChI is InChI=1S/C21H26N4O6/c1-26-14-7-12(8-15(27-2)20(14)30-5)22-18-11-19(25-24-18)23-13-9-16(28-3)21(31-6)17(10-13)29-4/h7-11H,1-6H3,(H3,22,23,24,25). The molecule has 0 radical (unpaired) electrons. The molecule has 3 aromatic rings. The Morgan fingerprint density at radius 2 is 1.00 bits per heavy atom. The van der Waals surface area contributed by atoms with E-state index < -0.39 is 0 Å². The monoisotopic (exact) mass is 430 g/mol. The van der Waals surface area contributed by atoms with E-state index in [0.717, 1.165) is 11.4 Å². The average molecular weight is 430 g/mol. The highest BCUT2D eigenvalue weighted by molar-refractivity contribution is 5.70. The Hall–Kier alpha value is -3.95. The lowest BCUT2D eigenvalue weighted by Gasteiger charge is -2.14. The van der Waals surface area contributed by atoms with Crippen molar-refractivity contribution in [3.63, 3.8) is 0 Å². The second-order valence-corrected chi connectivity index (χ2v) is 6.24. The van der Waals surface area contributed by atoms with Crippen LogP contribution in [0.25, 0.3) is 0 Å². The average Bonchev–Trinajstić information content (AvgIpc) is 3.23. The third kappa shape index (κ3) is 4.63. The number of aromatic nitrogens is 2. The van der Waals surface area contributed by atoms with Crippen LogP contribution in [0.3, 0.4) is 0 Å². The molecule has 166 valence electrons. The van der Waals surface area contributed by atoms with Crippen LogP contribution in [-0.4, -0.2) is 52.9 Å². The van der Waals surface area contributed by atoms with E-state index in [1.807, 2.05) is 6.07 Å². The van der Waals surface area contributed by atoms with Gasteiger partial charge in [-0.3, -0.25) is 5.10 Å². The van der Waals surface area contributed by atoms with Crippen LogP contribution >= 0.6 is 0 Å². The lowest BCUT2D eigenvalue weighted by Crippen LogP contribution is -1.98. The third-order valence-corrected chi connectivity index (χ3v) is 4.46. The van der Waals surface area contributed by atoms with Crippen LogP contribution in [0.4, 0.5) is 23.0 Å². The van der Waals surface area contributed by atoms with Crippen LogP contribution < -0.4 is 39.1 Å². The number of anilines is 4. The molecule has 0 spiro atoms. The van der Waals surface area contributed by atoms with E-state index in [1.165, 1.54) is 0 Å². The van der Waals surface area contributed by atoms with Gasteiger partial charge in [-0.05, 0) is 0 Å². The smallest absolute Gasteiger partial charge is 0.203 e. The molecule has 0 aliphatic heterocycles. The lowest BCUT2D eigenvalue weighted by molar-refractivity contribution is 0.324. The molecule has 0 amide bonds. The van der Waals surface area contributed by atoms with Crippen molar-refractivity contribution in [3.8, 4) is 34.5 Å². The number of aromatic amines is 1. The molecule has 1 aromatic heterocycles. The zero-order valence-corrected chi connectivity index (χ0v) is 18.3. The first-order valence-corrected chi connectivity index (χ1v) is 9.26. The van der Waals surface area contributed by atoms with E-state index in [1.54, 1.807) is 66.9 Å². The Kier molecular flexibility index (Phi) is 6.81. The maximum Gasteiger partial charge on any atom is 0.203 e. The largest absolute Gasteiger partial charge is 0.493 e. The maximum absolute atomic E-state index is 5.39. The van der Waals surface area contributed by atoms with Gasteiger partial charge in [0.25, 0.3) is 0 Å². The van der Waals surface area contributed by atoms with Gasteiger partial charge in [-0.2, -0.15) is 5.10 Å². The number of ether oxygens (including phenoxy) is 6. The third-order valence-electron chi connectivity index (χ3n) is 4.46. The van der Waals surface area contributed by atoms with Gasteiger partial charge in [0.05, 0.1) is 42.7 Å².